The first-order valence-electron chi connectivity index (χ1n) is 7.21. The number of aliphatic hydroxyl groups excluding tert-OH is 1. The van der Waals surface area contributed by atoms with Gasteiger partial charge in [-0.1, -0.05) is 12.1 Å². The van der Waals surface area contributed by atoms with Crippen molar-refractivity contribution >= 4 is 0 Å². The first-order valence-corrected chi connectivity index (χ1v) is 7.21. The average molecular weight is 291 g/mol. The minimum Gasteiger partial charge on any atom is -0.387 e. The molecule has 0 amide bonds. The van der Waals surface area contributed by atoms with Gasteiger partial charge in [0.15, 0.2) is 0 Å². The van der Waals surface area contributed by atoms with Crippen LogP contribution in [0, 0.1) is 19.7 Å². The lowest BCUT2D eigenvalue weighted by Crippen LogP contribution is -2.23. The summed E-state index contributed by atoms with van der Waals surface area (Å²) in [5, 5.41) is 17.6. The number of aromatic nitrogens is 2. The monoisotopic (exact) mass is 291 g/mol. The third-order valence-corrected chi connectivity index (χ3v) is 3.42. The predicted octanol–water partition coefficient (Wildman–Crippen LogP) is 2.35. The van der Waals surface area contributed by atoms with Crippen LogP contribution in [0.1, 0.15) is 29.5 Å². The molecular formula is C16H22FN3O. The number of hydrogen-bond acceptors (Lipinski definition) is 3. The normalized spacial score (nSPS) is 12.6. The Bertz CT molecular complexity index is 565. The van der Waals surface area contributed by atoms with E-state index >= 15 is 0 Å². The zero-order valence-corrected chi connectivity index (χ0v) is 12.5. The highest BCUT2D eigenvalue weighted by Crippen LogP contribution is 2.12. The van der Waals surface area contributed by atoms with Crippen LogP contribution in [0.15, 0.2) is 30.3 Å². The van der Waals surface area contributed by atoms with Gasteiger partial charge in [-0.2, -0.15) is 5.10 Å². The molecule has 0 fully saturated rings. The van der Waals surface area contributed by atoms with Crippen molar-refractivity contribution in [3.05, 3.63) is 53.1 Å². The molecule has 114 valence electrons. The molecule has 0 aliphatic carbocycles. The topological polar surface area (TPSA) is 50.1 Å². The Kier molecular flexibility index (Phi) is 5.47. The Morgan fingerprint density at radius 3 is 2.62 bits per heavy atom. The number of aliphatic hydroxyl groups is 1. The summed E-state index contributed by atoms with van der Waals surface area (Å²) < 4.78 is 14.8. The fourth-order valence-corrected chi connectivity index (χ4v) is 2.30. The van der Waals surface area contributed by atoms with E-state index in [2.05, 4.69) is 16.5 Å². The number of aryl methyl sites for hydroxylation is 3. The van der Waals surface area contributed by atoms with Crippen molar-refractivity contribution < 1.29 is 9.50 Å². The molecule has 0 aliphatic rings. The standard InChI is InChI=1S/C16H22FN3O/c1-12-10-13(2)20(19-12)9-3-8-18-11-16(21)14-4-6-15(17)7-5-14/h4-7,10,16,18,21H,3,8-9,11H2,1-2H3. The molecule has 0 radical (unpaired) electrons. The van der Waals surface area contributed by atoms with Gasteiger partial charge >= 0.3 is 0 Å². The maximum Gasteiger partial charge on any atom is 0.123 e. The first kappa shape index (κ1) is 15.7. The van der Waals surface area contributed by atoms with Crippen LogP contribution in [0.5, 0.6) is 0 Å². The average Bonchev–Trinajstić information content (AvgIpc) is 2.77. The zero-order valence-electron chi connectivity index (χ0n) is 12.5. The molecule has 0 aliphatic heterocycles. The molecule has 1 unspecified atom stereocenters. The SMILES string of the molecule is Cc1cc(C)n(CCCNCC(O)c2ccc(F)cc2)n1. The lowest BCUT2D eigenvalue weighted by molar-refractivity contribution is 0.174. The fourth-order valence-electron chi connectivity index (χ4n) is 2.30. The summed E-state index contributed by atoms with van der Waals surface area (Å²) in [7, 11) is 0. The molecule has 5 heteroatoms. The number of halogens is 1. The summed E-state index contributed by atoms with van der Waals surface area (Å²) >= 11 is 0. The molecule has 1 atom stereocenters. The second-order valence-electron chi connectivity index (χ2n) is 5.28. The molecule has 2 rings (SSSR count). The maximum absolute atomic E-state index is 12.8. The largest absolute Gasteiger partial charge is 0.387 e. The molecule has 1 aromatic carbocycles. The van der Waals surface area contributed by atoms with Gasteiger partial charge in [0.2, 0.25) is 0 Å². The minimum atomic E-state index is -0.612. The van der Waals surface area contributed by atoms with E-state index in [-0.39, 0.29) is 5.82 Å². The molecule has 0 bridgehead atoms. The van der Waals surface area contributed by atoms with E-state index < -0.39 is 6.10 Å². The van der Waals surface area contributed by atoms with Crippen molar-refractivity contribution in [3.63, 3.8) is 0 Å². The second-order valence-corrected chi connectivity index (χ2v) is 5.28. The summed E-state index contributed by atoms with van der Waals surface area (Å²) in [6, 6.07) is 8.00. The molecule has 0 saturated heterocycles. The molecule has 2 N–H and O–H groups in total. The molecule has 4 nitrogen and oxygen atoms in total. The van der Waals surface area contributed by atoms with E-state index in [0.29, 0.717) is 6.54 Å². The Morgan fingerprint density at radius 2 is 2.00 bits per heavy atom. The highest BCUT2D eigenvalue weighted by molar-refractivity contribution is 5.18. The van der Waals surface area contributed by atoms with Crippen LogP contribution in [0.4, 0.5) is 4.39 Å². The van der Waals surface area contributed by atoms with Gasteiger partial charge in [-0.25, -0.2) is 4.39 Å². The lowest BCUT2D eigenvalue weighted by atomic mass is 10.1. The Hall–Kier alpha value is -1.72. The van der Waals surface area contributed by atoms with E-state index in [1.165, 1.54) is 17.8 Å². The highest BCUT2D eigenvalue weighted by atomic mass is 19.1. The molecule has 2 aromatic rings. The third kappa shape index (κ3) is 4.65. The van der Waals surface area contributed by atoms with Crippen LogP contribution in [0.2, 0.25) is 0 Å². The number of benzene rings is 1. The third-order valence-electron chi connectivity index (χ3n) is 3.42. The van der Waals surface area contributed by atoms with Crippen LogP contribution in [0.25, 0.3) is 0 Å². The summed E-state index contributed by atoms with van der Waals surface area (Å²) in [6.07, 6.45) is 0.331. The van der Waals surface area contributed by atoms with Gasteiger partial charge in [-0.15, -0.1) is 0 Å². The van der Waals surface area contributed by atoms with Crippen LogP contribution < -0.4 is 5.32 Å². The summed E-state index contributed by atoms with van der Waals surface area (Å²) in [4.78, 5) is 0. The number of nitrogens with zero attached hydrogens (tertiary/aromatic N) is 2. The minimum absolute atomic E-state index is 0.288. The van der Waals surface area contributed by atoms with Crippen molar-refractivity contribution in [1.29, 1.82) is 0 Å². The Balaban J connectivity index is 1.67. The highest BCUT2D eigenvalue weighted by Gasteiger charge is 2.07. The Labute approximate surface area is 124 Å². The van der Waals surface area contributed by atoms with E-state index in [9.17, 15) is 9.50 Å². The van der Waals surface area contributed by atoms with E-state index in [1.54, 1.807) is 12.1 Å². The molecule has 0 saturated carbocycles. The van der Waals surface area contributed by atoms with Crippen molar-refractivity contribution in [2.75, 3.05) is 13.1 Å². The van der Waals surface area contributed by atoms with Crippen LogP contribution in [-0.2, 0) is 6.54 Å². The van der Waals surface area contributed by atoms with Gasteiger partial charge in [0.1, 0.15) is 5.82 Å². The summed E-state index contributed by atoms with van der Waals surface area (Å²) in [5.41, 5.74) is 2.92. The van der Waals surface area contributed by atoms with Gasteiger partial charge in [-0.3, -0.25) is 4.68 Å². The molecule has 0 spiro atoms. The number of rotatable bonds is 7. The lowest BCUT2D eigenvalue weighted by Gasteiger charge is -2.12. The van der Waals surface area contributed by atoms with E-state index in [1.807, 2.05) is 18.5 Å². The van der Waals surface area contributed by atoms with E-state index in [4.69, 9.17) is 0 Å². The first-order chi connectivity index (χ1) is 10.1. The van der Waals surface area contributed by atoms with Crippen molar-refractivity contribution in [2.45, 2.75) is 32.9 Å². The zero-order chi connectivity index (χ0) is 15.2. The van der Waals surface area contributed by atoms with Crippen LogP contribution in [-0.4, -0.2) is 28.0 Å². The van der Waals surface area contributed by atoms with Gasteiger partial charge in [0, 0.05) is 18.8 Å². The quantitative estimate of drug-likeness (QED) is 0.770. The molecular weight excluding hydrogens is 269 g/mol. The maximum atomic E-state index is 12.8. The summed E-state index contributed by atoms with van der Waals surface area (Å²) in [6.45, 7) is 6.16. The van der Waals surface area contributed by atoms with Gasteiger partial charge < -0.3 is 10.4 Å². The molecule has 1 aromatic heterocycles. The number of hydrogen-bond donors (Lipinski definition) is 2. The predicted molar refractivity (Wildman–Crippen MR) is 80.5 cm³/mol. The van der Waals surface area contributed by atoms with Gasteiger partial charge in [0.25, 0.3) is 0 Å². The molecule has 21 heavy (non-hydrogen) atoms. The van der Waals surface area contributed by atoms with Crippen molar-refractivity contribution in [3.8, 4) is 0 Å². The van der Waals surface area contributed by atoms with Gasteiger partial charge in [-0.05, 0) is 50.6 Å². The van der Waals surface area contributed by atoms with Crippen molar-refractivity contribution in [2.24, 2.45) is 0 Å². The second kappa shape index (κ2) is 7.33. The summed E-state index contributed by atoms with van der Waals surface area (Å²) in [5.74, 6) is -0.288. The van der Waals surface area contributed by atoms with E-state index in [0.717, 1.165) is 30.8 Å². The molecule has 1 heterocycles. The smallest absolute Gasteiger partial charge is 0.123 e. The number of nitrogens with one attached hydrogen (secondary N) is 1. The Morgan fingerprint density at radius 1 is 1.29 bits per heavy atom. The van der Waals surface area contributed by atoms with Crippen molar-refractivity contribution in [1.82, 2.24) is 15.1 Å². The van der Waals surface area contributed by atoms with Crippen LogP contribution >= 0.6 is 0 Å². The fraction of sp³-hybridized carbons (Fsp3) is 0.438. The van der Waals surface area contributed by atoms with Crippen LogP contribution in [0.3, 0.4) is 0 Å². The van der Waals surface area contributed by atoms with Gasteiger partial charge in [0.05, 0.1) is 11.8 Å².